The zero-order valence-corrected chi connectivity index (χ0v) is 17.5. The molecule has 160 valence electrons. The maximum atomic E-state index is 12.5. The summed E-state index contributed by atoms with van der Waals surface area (Å²) in [6.07, 6.45) is 0. The van der Waals surface area contributed by atoms with E-state index in [1.807, 2.05) is 6.07 Å². The molecule has 0 aliphatic heterocycles. The molecule has 0 saturated heterocycles. The SMILES string of the molecule is O=C(Nc1nnc(CS(=O)(=O)c2ccccc2)o1)c1ccc(C(=O)c2ccccc2)cc1. The molecule has 0 unspecified atom stereocenters. The first-order valence-corrected chi connectivity index (χ1v) is 11.2. The van der Waals surface area contributed by atoms with E-state index in [0.29, 0.717) is 11.1 Å². The Kier molecular flexibility index (Phi) is 5.91. The van der Waals surface area contributed by atoms with Gasteiger partial charge in [0.15, 0.2) is 15.6 Å². The van der Waals surface area contributed by atoms with Gasteiger partial charge >= 0.3 is 6.01 Å². The third-order valence-electron chi connectivity index (χ3n) is 4.55. The average molecular weight is 447 g/mol. The zero-order valence-electron chi connectivity index (χ0n) is 16.6. The second kappa shape index (κ2) is 8.94. The highest BCUT2D eigenvalue weighted by molar-refractivity contribution is 7.90. The van der Waals surface area contributed by atoms with Gasteiger partial charge in [-0.3, -0.25) is 14.9 Å². The van der Waals surface area contributed by atoms with Crippen LogP contribution in [0, 0.1) is 0 Å². The molecule has 0 aliphatic rings. The maximum Gasteiger partial charge on any atom is 0.322 e. The number of hydrogen-bond donors (Lipinski definition) is 1. The lowest BCUT2D eigenvalue weighted by atomic mass is 10.0. The monoisotopic (exact) mass is 447 g/mol. The summed E-state index contributed by atoms with van der Waals surface area (Å²) in [6.45, 7) is 0. The van der Waals surface area contributed by atoms with Gasteiger partial charge in [0.25, 0.3) is 5.91 Å². The van der Waals surface area contributed by atoms with Crippen LogP contribution in [0.5, 0.6) is 0 Å². The molecule has 9 heteroatoms. The molecule has 0 spiro atoms. The Bertz CT molecular complexity index is 1350. The fraction of sp³-hybridized carbons (Fsp3) is 0.0435. The van der Waals surface area contributed by atoms with Gasteiger partial charge < -0.3 is 4.42 Å². The van der Waals surface area contributed by atoms with Gasteiger partial charge in [-0.2, -0.15) is 0 Å². The Hall–Kier alpha value is -4.11. The Morgan fingerprint density at radius 1 is 0.750 bits per heavy atom. The van der Waals surface area contributed by atoms with Gasteiger partial charge in [-0.25, -0.2) is 8.42 Å². The fourth-order valence-corrected chi connectivity index (χ4v) is 4.11. The van der Waals surface area contributed by atoms with E-state index < -0.39 is 21.5 Å². The number of carbonyl (C=O) groups excluding carboxylic acids is 2. The second-order valence-corrected chi connectivity index (χ2v) is 8.79. The van der Waals surface area contributed by atoms with Gasteiger partial charge in [-0.1, -0.05) is 65.8 Å². The van der Waals surface area contributed by atoms with Crippen molar-refractivity contribution in [2.75, 3.05) is 5.32 Å². The van der Waals surface area contributed by atoms with Crippen LogP contribution in [0.4, 0.5) is 6.01 Å². The highest BCUT2D eigenvalue weighted by atomic mass is 32.2. The predicted octanol–water partition coefficient (Wildman–Crippen LogP) is 3.53. The molecular formula is C23H17N3O5S. The first-order valence-electron chi connectivity index (χ1n) is 9.54. The van der Waals surface area contributed by atoms with Crippen molar-refractivity contribution in [2.24, 2.45) is 0 Å². The van der Waals surface area contributed by atoms with Crippen molar-refractivity contribution < 1.29 is 22.4 Å². The number of hydrogen-bond acceptors (Lipinski definition) is 7. The molecule has 4 aromatic rings. The first kappa shape index (κ1) is 21.1. The number of ketones is 1. The molecule has 1 aromatic heterocycles. The molecule has 0 radical (unpaired) electrons. The van der Waals surface area contributed by atoms with Gasteiger partial charge in [-0.15, -0.1) is 5.10 Å². The summed E-state index contributed by atoms with van der Waals surface area (Å²) in [7, 11) is -3.66. The number of nitrogens with zero attached hydrogens (tertiary/aromatic N) is 2. The van der Waals surface area contributed by atoms with E-state index in [1.54, 1.807) is 54.6 Å². The summed E-state index contributed by atoms with van der Waals surface area (Å²) < 4.78 is 30.1. The topological polar surface area (TPSA) is 119 Å². The zero-order chi connectivity index (χ0) is 22.6. The lowest BCUT2D eigenvalue weighted by Crippen LogP contribution is -2.12. The van der Waals surface area contributed by atoms with Crippen LogP contribution in [0.1, 0.15) is 32.2 Å². The number of sulfone groups is 1. The van der Waals surface area contributed by atoms with Crippen LogP contribution in [0.25, 0.3) is 0 Å². The Morgan fingerprint density at radius 2 is 1.31 bits per heavy atom. The van der Waals surface area contributed by atoms with Crippen molar-refractivity contribution in [1.82, 2.24) is 10.2 Å². The number of anilines is 1. The van der Waals surface area contributed by atoms with Crippen molar-refractivity contribution >= 4 is 27.5 Å². The lowest BCUT2D eigenvalue weighted by Gasteiger charge is -2.04. The van der Waals surface area contributed by atoms with Crippen LogP contribution >= 0.6 is 0 Å². The number of rotatable bonds is 7. The second-order valence-electron chi connectivity index (χ2n) is 6.80. The normalized spacial score (nSPS) is 11.1. The number of amides is 1. The Morgan fingerprint density at radius 3 is 1.97 bits per heavy atom. The van der Waals surface area contributed by atoms with Crippen LogP contribution in [0.15, 0.2) is 94.2 Å². The number of nitrogens with one attached hydrogen (secondary N) is 1. The van der Waals surface area contributed by atoms with E-state index in [9.17, 15) is 18.0 Å². The molecule has 3 aromatic carbocycles. The molecular weight excluding hydrogens is 430 g/mol. The summed E-state index contributed by atoms with van der Waals surface area (Å²) in [5.41, 5.74) is 1.26. The van der Waals surface area contributed by atoms with Crippen molar-refractivity contribution in [1.29, 1.82) is 0 Å². The highest BCUT2D eigenvalue weighted by Gasteiger charge is 2.20. The molecule has 1 N–H and O–H groups in total. The average Bonchev–Trinajstić information content (AvgIpc) is 3.25. The molecule has 0 bridgehead atoms. The molecule has 32 heavy (non-hydrogen) atoms. The summed E-state index contributed by atoms with van der Waals surface area (Å²) in [4.78, 5) is 25.0. The first-order chi connectivity index (χ1) is 15.4. The summed E-state index contributed by atoms with van der Waals surface area (Å²) in [6, 6.07) is 22.6. The third-order valence-corrected chi connectivity index (χ3v) is 6.17. The van der Waals surface area contributed by atoms with Crippen molar-refractivity contribution in [2.45, 2.75) is 10.6 Å². The van der Waals surface area contributed by atoms with Gasteiger partial charge in [0.05, 0.1) is 4.90 Å². The van der Waals surface area contributed by atoms with Crippen molar-refractivity contribution in [3.05, 3.63) is 108 Å². The minimum atomic E-state index is -3.66. The summed E-state index contributed by atoms with van der Waals surface area (Å²) >= 11 is 0. The fourth-order valence-electron chi connectivity index (χ4n) is 2.93. The van der Waals surface area contributed by atoms with E-state index in [4.69, 9.17) is 4.42 Å². The van der Waals surface area contributed by atoms with Crippen LogP contribution < -0.4 is 5.32 Å². The van der Waals surface area contributed by atoms with Gasteiger partial charge in [0.2, 0.25) is 5.89 Å². The smallest absolute Gasteiger partial charge is 0.322 e. The molecule has 0 fully saturated rings. The van der Waals surface area contributed by atoms with Crippen LogP contribution in [-0.2, 0) is 15.6 Å². The van der Waals surface area contributed by atoms with E-state index in [0.717, 1.165) is 0 Å². The molecule has 1 heterocycles. The molecule has 1 amide bonds. The van der Waals surface area contributed by atoms with E-state index in [2.05, 4.69) is 15.5 Å². The molecule has 4 rings (SSSR count). The maximum absolute atomic E-state index is 12.5. The van der Waals surface area contributed by atoms with Gasteiger partial charge in [0.1, 0.15) is 5.75 Å². The molecule has 0 aliphatic carbocycles. The quantitative estimate of drug-likeness (QED) is 0.430. The van der Waals surface area contributed by atoms with Crippen LogP contribution in [-0.4, -0.2) is 30.3 Å². The highest BCUT2D eigenvalue weighted by Crippen LogP contribution is 2.17. The van der Waals surface area contributed by atoms with Crippen LogP contribution in [0.3, 0.4) is 0 Å². The number of benzene rings is 3. The minimum Gasteiger partial charge on any atom is -0.407 e. The predicted molar refractivity (Wildman–Crippen MR) is 116 cm³/mol. The summed E-state index contributed by atoms with van der Waals surface area (Å²) in [5.74, 6) is -1.33. The van der Waals surface area contributed by atoms with Crippen molar-refractivity contribution in [3.8, 4) is 0 Å². The minimum absolute atomic E-state index is 0.133. The van der Waals surface area contributed by atoms with E-state index >= 15 is 0 Å². The van der Waals surface area contributed by atoms with E-state index in [1.165, 1.54) is 24.3 Å². The number of carbonyl (C=O) groups is 2. The van der Waals surface area contributed by atoms with E-state index in [-0.39, 0.29) is 28.1 Å². The lowest BCUT2D eigenvalue weighted by molar-refractivity contribution is 0.101. The molecule has 0 atom stereocenters. The van der Waals surface area contributed by atoms with Crippen molar-refractivity contribution in [3.63, 3.8) is 0 Å². The largest absolute Gasteiger partial charge is 0.407 e. The number of aromatic nitrogens is 2. The third kappa shape index (κ3) is 4.79. The molecule has 8 nitrogen and oxygen atoms in total. The summed E-state index contributed by atoms with van der Waals surface area (Å²) in [5, 5.41) is 9.79. The standard InChI is InChI=1S/C23H17N3O5S/c27-21(16-7-3-1-4-8-16)17-11-13-18(14-12-17)22(28)24-23-26-25-20(31-23)15-32(29,30)19-9-5-2-6-10-19/h1-14H,15H2,(H,24,26,28). The molecule has 0 saturated carbocycles. The van der Waals surface area contributed by atoms with Crippen LogP contribution in [0.2, 0.25) is 0 Å². The van der Waals surface area contributed by atoms with Gasteiger partial charge in [0, 0.05) is 16.7 Å². The van der Waals surface area contributed by atoms with Gasteiger partial charge in [-0.05, 0) is 24.3 Å². The Labute approximate surface area is 183 Å². The Balaban J connectivity index is 1.41.